The third-order valence-corrected chi connectivity index (χ3v) is 4.81. The molecule has 1 atom stereocenters. The molecule has 1 aromatic heterocycles. The highest BCUT2D eigenvalue weighted by atomic mass is 19.4. The molecule has 2 aromatic carbocycles. The van der Waals surface area contributed by atoms with Crippen LogP contribution >= 0.6 is 0 Å². The van der Waals surface area contributed by atoms with Crippen molar-refractivity contribution in [2.75, 3.05) is 13.1 Å². The molecule has 4 nitrogen and oxygen atoms in total. The third kappa shape index (κ3) is 4.06. The number of hydrogen-bond donors (Lipinski definition) is 0. The Bertz CT molecular complexity index is 970. The first-order valence-electron chi connectivity index (χ1n) is 8.86. The maximum atomic E-state index is 13.3. The second-order valence-corrected chi connectivity index (χ2v) is 6.89. The Hall–Kier alpha value is -2.74. The molecule has 0 unspecified atom stereocenters. The minimum absolute atomic E-state index is 0.000563. The number of aromatic nitrogens is 2. The summed E-state index contributed by atoms with van der Waals surface area (Å²) in [6.07, 6.45) is -3.63. The van der Waals surface area contributed by atoms with Crippen molar-refractivity contribution in [1.82, 2.24) is 15.0 Å². The molecule has 146 valence electrons. The molecule has 0 aliphatic carbocycles. The first kappa shape index (κ1) is 18.6. The van der Waals surface area contributed by atoms with Crippen LogP contribution in [0, 0.1) is 5.82 Å². The van der Waals surface area contributed by atoms with Crippen molar-refractivity contribution in [2.45, 2.75) is 25.1 Å². The van der Waals surface area contributed by atoms with Gasteiger partial charge in [-0.1, -0.05) is 29.4 Å². The summed E-state index contributed by atoms with van der Waals surface area (Å²) in [5, 5.41) is 3.85. The van der Waals surface area contributed by atoms with E-state index in [0.717, 1.165) is 30.7 Å². The Morgan fingerprint density at radius 2 is 1.93 bits per heavy atom. The monoisotopic (exact) mass is 391 g/mol. The fourth-order valence-corrected chi connectivity index (χ4v) is 3.42. The van der Waals surface area contributed by atoms with Crippen LogP contribution in [-0.2, 0) is 12.7 Å². The van der Waals surface area contributed by atoms with E-state index in [1.54, 1.807) is 6.07 Å². The molecule has 1 saturated heterocycles. The van der Waals surface area contributed by atoms with Gasteiger partial charge in [0.15, 0.2) is 0 Å². The zero-order valence-corrected chi connectivity index (χ0v) is 14.8. The van der Waals surface area contributed by atoms with E-state index in [0.29, 0.717) is 19.0 Å². The lowest BCUT2D eigenvalue weighted by Crippen LogP contribution is -2.19. The average molecular weight is 391 g/mol. The van der Waals surface area contributed by atoms with Gasteiger partial charge >= 0.3 is 6.18 Å². The van der Waals surface area contributed by atoms with Crippen molar-refractivity contribution in [2.24, 2.45) is 0 Å². The van der Waals surface area contributed by atoms with Crippen molar-refractivity contribution in [1.29, 1.82) is 0 Å². The average Bonchev–Trinajstić information content (AvgIpc) is 3.30. The lowest BCUT2D eigenvalue weighted by atomic mass is 10.1. The number of likely N-dealkylation sites (tertiary alicyclic amines) is 1. The summed E-state index contributed by atoms with van der Waals surface area (Å²) in [7, 11) is 0. The van der Waals surface area contributed by atoms with Crippen molar-refractivity contribution < 1.29 is 22.1 Å². The molecule has 2 heterocycles. The molecule has 0 N–H and O–H groups in total. The van der Waals surface area contributed by atoms with Gasteiger partial charge in [-0.2, -0.15) is 18.2 Å². The first-order valence-corrected chi connectivity index (χ1v) is 8.86. The molecule has 3 aromatic rings. The maximum absolute atomic E-state index is 13.3. The lowest BCUT2D eigenvalue weighted by molar-refractivity contribution is -0.137. The van der Waals surface area contributed by atoms with E-state index in [9.17, 15) is 17.6 Å². The molecule has 8 heteroatoms. The summed E-state index contributed by atoms with van der Waals surface area (Å²) >= 11 is 0. The molecule has 0 bridgehead atoms. The van der Waals surface area contributed by atoms with Crippen LogP contribution < -0.4 is 0 Å². The van der Waals surface area contributed by atoms with Crippen molar-refractivity contribution in [3.63, 3.8) is 0 Å². The highest BCUT2D eigenvalue weighted by molar-refractivity contribution is 5.55. The van der Waals surface area contributed by atoms with Gasteiger partial charge in [-0.05, 0) is 42.8 Å². The predicted molar refractivity (Wildman–Crippen MR) is 93.8 cm³/mol. The fraction of sp³-hybridized carbons (Fsp3) is 0.300. The van der Waals surface area contributed by atoms with Crippen LogP contribution in [0.1, 0.15) is 29.4 Å². The van der Waals surface area contributed by atoms with Crippen molar-refractivity contribution >= 4 is 0 Å². The molecule has 0 amide bonds. The van der Waals surface area contributed by atoms with E-state index in [4.69, 9.17) is 4.52 Å². The molecular formula is C20H17F4N3O. The van der Waals surface area contributed by atoms with Crippen molar-refractivity contribution in [3.05, 3.63) is 71.4 Å². The quantitative estimate of drug-likeness (QED) is 0.595. The highest BCUT2D eigenvalue weighted by Crippen LogP contribution is 2.33. The van der Waals surface area contributed by atoms with Gasteiger partial charge in [0, 0.05) is 18.7 Å². The number of nitrogens with zero attached hydrogens (tertiary/aromatic N) is 3. The standard InChI is InChI=1S/C20H17F4N3O/c21-17-6-1-3-13(9-17)11-27-8-7-15(12-27)19-25-18(26-28-19)14-4-2-5-16(10-14)20(22,23)24/h1-6,9-10,15H,7-8,11-12H2/t15-/m0/s1. The lowest BCUT2D eigenvalue weighted by Gasteiger charge is -2.15. The Labute approximate surface area is 158 Å². The highest BCUT2D eigenvalue weighted by Gasteiger charge is 2.31. The van der Waals surface area contributed by atoms with E-state index in [1.165, 1.54) is 24.3 Å². The van der Waals surface area contributed by atoms with Crippen LogP contribution in [0.3, 0.4) is 0 Å². The zero-order valence-electron chi connectivity index (χ0n) is 14.8. The van der Waals surface area contributed by atoms with Gasteiger partial charge in [-0.15, -0.1) is 0 Å². The van der Waals surface area contributed by atoms with E-state index in [1.807, 2.05) is 6.07 Å². The van der Waals surface area contributed by atoms with E-state index < -0.39 is 11.7 Å². The zero-order chi connectivity index (χ0) is 19.7. The summed E-state index contributed by atoms with van der Waals surface area (Å²) in [5.74, 6) is 0.287. The van der Waals surface area contributed by atoms with Crippen LogP contribution in [0.4, 0.5) is 17.6 Å². The fourth-order valence-electron chi connectivity index (χ4n) is 3.42. The van der Waals surface area contributed by atoms with E-state index in [2.05, 4.69) is 15.0 Å². The summed E-state index contributed by atoms with van der Waals surface area (Å²) < 4.78 is 57.3. The molecule has 28 heavy (non-hydrogen) atoms. The molecule has 1 aliphatic heterocycles. The third-order valence-electron chi connectivity index (χ3n) is 4.81. The molecule has 0 radical (unpaired) electrons. The summed E-state index contributed by atoms with van der Waals surface area (Å²) in [5.41, 5.74) is 0.397. The Morgan fingerprint density at radius 3 is 2.71 bits per heavy atom. The number of rotatable bonds is 4. The van der Waals surface area contributed by atoms with Crippen LogP contribution in [0.15, 0.2) is 53.1 Å². The van der Waals surface area contributed by atoms with Crippen LogP contribution in [0.2, 0.25) is 0 Å². The molecule has 4 rings (SSSR count). The summed E-state index contributed by atoms with van der Waals surface area (Å²) in [6.45, 7) is 2.08. The number of alkyl halides is 3. The van der Waals surface area contributed by atoms with E-state index in [-0.39, 0.29) is 23.1 Å². The van der Waals surface area contributed by atoms with Crippen LogP contribution in [-0.4, -0.2) is 28.1 Å². The molecular weight excluding hydrogens is 374 g/mol. The van der Waals surface area contributed by atoms with Crippen LogP contribution in [0.25, 0.3) is 11.4 Å². The second-order valence-electron chi connectivity index (χ2n) is 6.89. The van der Waals surface area contributed by atoms with Gasteiger partial charge in [0.25, 0.3) is 0 Å². The number of benzene rings is 2. The Kier molecular flexibility index (Phi) is 4.89. The number of halogens is 4. The Morgan fingerprint density at radius 1 is 1.11 bits per heavy atom. The second kappa shape index (κ2) is 7.35. The van der Waals surface area contributed by atoms with Crippen molar-refractivity contribution in [3.8, 4) is 11.4 Å². The predicted octanol–water partition coefficient (Wildman–Crippen LogP) is 4.88. The normalized spacial score (nSPS) is 17.9. The van der Waals surface area contributed by atoms with Gasteiger partial charge in [-0.25, -0.2) is 4.39 Å². The first-order chi connectivity index (χ1) is 13.4. The molecule has 0 spiro atoms. The molecule has 0 saturated carbocycles. The van der Waals surface area contributed by atoms with Gasteiger partial charge in [-0.3, -0.25) is 4.90 Å². The van der Waals surface area contributed by atoms with Gasteiger partial charge in [0.1, 0.15) is 5.82 Å². The summed E-state index contributed by atoms with van der Waals surface area (Å²) in [6, 6.07) is 11.3. The minimum Gasteiger partial charge on any atom is -0.339 e. The van der Waals surface area contributed by atoms with E-state index >= 15 is 0 Å². The van der Waals surface area contributed by atoms with Gasteiger partial charge in [0.2, 0.25) is 11.7 Å². The SMILES string of the molecule is Fc1cccc(CN2CC[C@H](c3nc(-c4cccc(C(F)(F)F)c4)no3)C2)c1. The smallest absolute Gasteiger partial charge is 0.339 e. The maximum Gasteiger partial charge on any atom is 0.416 e. The number of hydrogen-bond acceptors (Lipinski definition) is 4. The van der Waals surface area contributed by atoms with Gasteiger partial charge in [0.05, 0.1) is 11.5 Å². The van der Waals surface area contributed by atoms with Crippen LogP contribution in [0.5, 0.6) is 0 Å². The van der Waals surface area contributed by atoms with Gasteiger partial charge < -0.3 is 4.52 Å². The Balaban J connectivity index is 1.45. The molecule has 1 aliphatic rings. The summed E-state index contributed by atoms with van der Waals surface area (Å²) in [4.78, 5) is 6.47. The molecule has 1 fully saturated rings. The topological polar surface area (TPSA) is 42.2 Å². The minimum atomic E-state index is -4.43. The largest absolute Gasteiger partial charge is 0.416 e.